The third-order valence-electron chi connectivity index (χ3n) is 1.69. The van der Waals surface area contributed by atoms with E-state index in [0.717, 1.165) is 0 Å². The van der Waals surface area contributed by atoms with Crippen LogP contribution in [-0.2, 0) is 0 Å². The molecule has 1 rings (SSSR count). The molecule has 0 aromatic heterocycles. The Hall–Kier alpha value is -0.255. The lowest BCUT2D eigenvalue weighted by molar-refractivity contribution is 0.0693. The third kappa shape index (κ3) is 3.09. The average molecular weight is 170 g/mol. The minimum absolute atomic E-state index is 0.0378. The number of hydrogen-bond donors (Lipinski definition) is 0. The van der Waals surface area contributed by atoms with Gasteiger partial charge in [0.15, 0.2) is 0 Å². The van der Waals surface area contributed by atoms with Crippen LogP contribution in [0, 0.1) is 0 Å². The summed E-state index contributed by atoms with van der Waals surface area (Å²) in [6.07, 6.45) is -1.68. The molecule has 1 heterocycles. The van der Waals surface area contributed by atoms with Gasteiger partial charge in [-0.25, -0.2) is 4.39 Å². The molecule has 0 aliphatic carbocycles. The fourth-order valence-electron chi connectivity index (χ4n) is 1.02. The van der Waals surface area contributed by atoms with Crippen LogP contribution in [0.2, 0.25) is 6.32 Å². The van der Waals surface area contributed by atoms with Gasteiger partial charge < -0.3 is 17.8 Å². The maximum atomic E-state index is 12.1. The van der Waals surface area contributed by atoms with Crippen molar-refractivity contribution < 1.29 is 17.3 Å². The van der Waals surface area contributed by atoms with Gasteiger partial charge in [0.05, 0.1) is 0 Å². The lowest BCUT2D eigenvalue weighted by Crippen LogP contribution is -2.49. The largest absolute Gasteiger partial charge is 0.479 e. The Morgan fingerprint density at radius 1 is 1.27 bits per heavy atom. The Kier molecular flexibility index (Phi) is 2.42. The van der Waals surface area contributed by atoms with Crippen LogP contribution in [0.4, 0.5) is 17.3 Å². The van der Waals surface area contributed by atoms with E-state index in [4.69, 9.17) is 0 Å². The molecular weight excluding hydrogens is 161 g/mol. The number of hydrogen-bond acceptors (Lipinski definition) is 1. The van der Waals surface area contributed by atoms with Gasteiger partial charge in [-0.15, -0.1) is 0 Å². The lowest BCUT2D eigenvalue weighted by atomic mass is 9.85. The van der Waals surface area contributed by atoms with Crippen molar-refractivity contribution in [3.05, 3.63) is 0 Å². The summed E-state index contributed by atoms with van der Waals surface area (Å²) in [5.74, 6) is 0. The quantitative estimate of drug-likeness (QED) is 0.458. The van der Waals surface area contributed by atoms with Crippen LogP contribution in [0.5, 0.6) is 0 Å². The number of likely N-dealkylation sites (tertiary alicyclic amines) is 1. The third-order valence-corrected chi connectivity index (χ3v) is 1.69. The molecule has 1 saturated heterocycles. The highest BCUT2D eigenvalue weighted by atomic mass is 19.4. The van der Waals surface area contributed by atoms with E-state index in [1.54, 1.807) is 0 Å². The van der Waals surface area contributed by atoms with Gasteiger partial charge in [0.2, 0.25) is 0 Å². The summed E-state index contributed by atoms with van der Waals surface area (Å²) in [5.41, 5.74) is 0. The van der Waals surface area contributed by atoms with E-state index in [1.165, 1.54) is 4.90 Å². The van der Waals surface area contributed by atoms with E-state index in [0.29, 0.717) is 0 Å². The van der Waals surface area contributed by atoms with Crippen molar-refractivity contribution in [2.75, 3.05) is 19.6 Å². The Morgan fingerprint density at radius 3 is 2.18 bits per heavy atom. The molecule has 1 nitrogen and oxygen atoms in total. The van der Waals surface area contributed by atoms with Gasteiger partial charge in [-0.05, 0) is 6.54 Å². The molecule has 6 heteroatoms. The predicted octanol–water partition coefficient (Wildman–Crippen LogP) is 1.49. The van der Waals surface area contributed by atoms with Gasteiger partial charge in [-0.1, -0.05) is 6.32 Å². The predicted molar refractivity (Wildman–Crippen MR) is 35.2 cm³/mol. The molecule has 0 aromatic rings. The van der Waals surface area contributed by atoms with Gasteiger partial charge >= 0.3 is 6.98 Å². The molecule has 0 bridgehead atoms. The van der Waals surface area contributed by atoms with E-state index in [2.05, 4.69) is 0 Å². The maximum Gasteiger partial charge on any atom is 0.479 e. The first-order chi connectivity index (χ1) is 4.97. The van der Waals surface area contributed by atoms with E-state index < -0.39 is 19.5 Å². The lowest BCUT2D eigenvalue weighted by Gasteiger charge is -2.35. The second-order valence-corrected chi connectivity index (χ2v) is 2.86. The average Bonchev–Trinajstić information content (AvgIpc) is 1.75. The number of nitrogens with zero attached hydrogens (tertiary/aromatic N) is 1. The SMILES string of the molecule is FC1CN(CC[B-](F)(F)F)C1. The fourth-order valence-corrected chi connectivity index (χ4v) is 1.02. The highest BCUT2D eigenvalue weighted by Crippen LogP contribution is 2.18. The van der Waals surface area contributed by atoms with Crippen molar-refractivity contribution in [3.8, 4) is 0 Å². The van der Waals surface area contributed by atoms with Crippen LogP contribution < -0.4 is 0 Å². The molecule has 0 radical (unpaired) electrons. The van der Waals surface area contributed by atoms with Gasteiger partial charge in [-0.2, -0.15) is 0 Å². The zero-order valence-corrected chi connectivity index (χ0v) is 5.94. The number of alkyl halides is 1. The minimum atomic E-state index is -4.69. The van der Waals surface area contributed by atoms with Gasteiger partial charge in [0.25, 0.3) is 0 Å². The zero-order chi connectivity index (χ0) is 8.48. The number of rotatable bonds is 3. The Morgan fingerprint density at radius 2 is 1.82 bits per heavy atom. The van der Waals surface area contributed by atoms with Gasteiger partial charge in [0.1, 0.15) is 6.17 Å². The molecule has 0 N–H and O–H groups in total. The maximum absolute atomic E-state index is 12.1. The summed E-state index contributed by atoms with van der Waals surface area (Å²) in [4.78, 5) is 1.47. The molecule has 0 amide bonds. The molecule has 0 saturated carbocycles. The molecule has 1 fully saturated rings. The van der Waals surface area contributed by atoms with Crippen LogP contribution in [0.25, 0.3) is 0 Å². The van der Waals surface area contributed by atoms with Crippen LogP contribution >= 0.6 is 0 Å². The molecular formula is C5H9BF4N-. The number of halogens is 4. The molecule has 11 heavy (non-hydrogen) atoms. The summed E-state index contributed by atoms with van der Waals surface area (Å²) in [6.45, 7) is -4.38. The standard InChI is InChI=1S/C5H9BF4N/c7-5-3-11(4-5)2-1-6(8,9)10/h5H,1-4H2/q-1. The topological polar surface area (TPSA) is 3.24 Å². The Labute approximate surface area is 62.4 Å². The van der Waals surface area contributed by atoms with Crippen LogP contribution in [0.3, 0.4) is 0 Å². The van der Waals surface area contributed by atoms with E-state index >= 15 is 0 Å². The summed E-state index contributed by atoms with van der Waals surface area (Å²) in [7, 11) is 0. The zero-order valence-electron chi connectivity index (χ0n) is 5.94. The summed E-state index contributed by atoms with van der Waals surface area (Å²) in [5, 5.41) is 0. The van der Waals surface area contributed by atoms with Crippen molar-refractivity contribution >= 4 is 6.98 Å². The monoisotopic (exact) mass is 170 g/mol. The molecule has 66 valence electrons. The Balaban J connectivity index is 2.05. The minimum Gasteiger partial charge on any atom is -0.449 e. The van der Waals surface area contributed by atoms with Crippen molar-refractivity contribution in [3.63, 3.8) is 0 Å². The fraction of sp³-hybridized carbons (Fsp3) is 1.00. The van der Waals surface area contributed by atoms with Crippen LogP contribution in [0.15, 0.2) is 0 Å². The highest BCUT2D eigenvalue weighted by molar-refractivity contribution is 6.58. The van der Waals surface area contributed by atoms with E-state index in [1.807, 2.05) is 0 Å². The molecule has 0 unspecified atom stereocenters. The van der Waals surface area contributed by atoms with Gasteiger partial charge in [-0.3, -0.25) is 0 Å². The second kappa shape index (κ2) is 3.01. The molecule has 1 aliphatic heterocycles. The van der Waals surface area contributed by atoms with Crippen molar-refractivity contribution in [1.29, 1.82) is 0 Å². The molecule has 1 aliphatic rings. The van der Waals surface area contributed by atoms with Crippen molar-refractivity contribution in [2.45, 2.75) is 12.5 Å². The molecule has 0 atom stereocenters. The molecule has 0 aromatic carbocycles. The van der Waals surface area contributed by atoms with Crippen LogP contribution in [-0.4, -0.2) is 37.7 Å². The summed E-state index contributed by atoms with van der Waals surface area (Å²) >= 11 is 0. The Bertz CT molecular complexity index is 131. The van der Waals surface area contributed by atoms with Crippen molar-refractivity contribution in [2.24, 2.45) is 0 Å². The molecule has 0 spiro atoms. The second-order valence-electron chi connectivity index (χ2n) is 2.86. The first kappa shape index (κ1) is 8.84. The summed E-state index contributed by atoms with van der Waals surface area (Å²) in [6, 6.07) is 0. The first-order valence-corrected chi connectivity index (χ1v) is 3.55. The smallest absolute Gasteiger partial charge is 0.449 e. The highest BCUT2D eigenvalue weighted by Gasteiger charge is 2.29. The van der Waals surface area contributed by atoms with Gasteiger partial charge in [0, 0.05) is 13.1 Å². The van der Waals surface area contributed by atoms with Crippen LogP contribution in [0.1, 0.15) is 0 Å². The van der Waals surface area contributed by atoms with E-state index in [9.17, 15) is 17.3 Å². The van der Waals surface area contributed by atoms with Crippen molar-refractivity contribution in [1.82, 2.24) is 4.90 Å². The first-order valence-electron chi connectivity index (χ1n) is 3.55. The summed E-state index contributed by atoms with van der Waals surface area (Å²) < 4.78 is 46.9. The normalized spacial score (nSPS) is 21.8. The van der Waals surface area contributed by atoms with E-state index in [-0.39, 0.29) is 19.6 Å².